The minimum Gasteiger partial charge on any atom is -0.456 e. The number of aromatic nitrogens is 1. The van der Waals surface area contributed by atoms with Crippen LogP contribution in [0.4, 0.5) is 0 Å². The zero-order chi connectivity index (χ0) is 19.8. The second kappa shape index (κ2) is 9.65. The number of carbonyl (C=O) groups excluding carboxylic acids is 2. The Bertz CT molecular complexity index is 913. The third-order valence-corrected chi connectivity index (χ3v) is 4.34. The summed E-state index contributed by atoms with van der Waals surface area (Å²) in [4.78, 5) is 28.3. The first-order valence-corrected chi connectivity index (χ1v) is 9.43. The Labute approximate surface area is 164 Å². The highest BCUT2D eigenvalue weighted by atomic mass is 16.5. The summed E-state index contributed by atoms with van der Waals surface area (Å²) in [6.45, 7) is 2.07. The number of benzene rings is 2. The van der Waals surface area contributed by atoms with Crippen LogP contribution in [0, 0.1) is 0 Å². The summed E-state index contributed by atoms with van der Waals surface area (Å²) in [7, 11) is 0. The summed E-state index contributed by atoms with van der Waals surface area (Å²) in [6.07, 6.45) is 3.81. The van der Waals surface area contributed by atoms with Crippen LogP contribution in [-0.2, 0) is 22.6 Å². The minimum atomic E-state index is -0.449. The second-order valence-electron chi connectivity index (χ2n) is 6.52. The second-order valence-corrected chi connectivity index (χ2v) is 6.52. The van der Waals surface area contributed by atoms with E-state index in [4.69, 9.17) is 9.15 Å². The van der Waals surface area contributed by atoms with E-state index in [0.29, 0.717) is 17.2 Å². The Hall–Kier alpha value is -3.21. The quantitative estimate of drug-likeness (QED) is 0.388. The molecule has 0 spiro atoms. The molecule has 1 aromatic heterocycles. The molecule has 5 nitrogen and oxygen atoms in total. The number of rotatable bonds is 9. The zero-order valence-electron chi connectivity index (χ0n) is 15.9. The lowest BCUT2D eigenvalue weighted by Gasteiger charge is -2.04. The molecule has 1 heterocycles. The Morgan fingerprint density at radius 2 is 1.75 bits per heavy atom. The molecule has 0 aliphatic rings. The predicted octanol–water partition coefficient (Wildman–Crippen LogP) is 5.00. The van der Waals surface area contributed by atoms with Crippen molar-refractivity contribution in [2.45, 2.75) is 39.2 Å². The maximum atomic E-state index is 12.2. The van der Waals surface area contributed by atoms with Crippen molar-refractivity contribution < 1.29 is 18.7 Å². The van der Waals surface area contributed by atoms with Gasteiger partial charge in [-0.15, -0.1) is 0 Å². The third-order valence-electron chi connectivity index (χ3n) is 4.34. The molecule has 0 atom stereocenters. The highest BCUT2D eigenvalue weighted by Gasteiger charge is 2.12. The van der Waals surface area contributed by atoms with Crippen LogP contribution in [0.3, 0.4) is 0 Å². The molecule has 0 radical (unpaired) electrons. The van der Waals surface area contributed by atoms with E-state index in [1.54, 1.807) is 6.20 Å². The van der Waals surface area contributed by atoms with E-state index < -0.39 is 5.97 Å². The molecule has 0 amide bonds. The normalized spacial score (nSPS) is 10.6. The number of carbonyl (C=O) groups is 2. The number of aryl methyl sites for hydroxylation is 1. The Kier molecular flexibility index (Phi) is 6.73. The van der Waals surface area contributed by atoms with Crippen LogP contribution in [0.1, 0.15) is 48.0 Å². The third kappa shape index (κ3) is 5.39. The molecule has 0 saturated carbocycles. The van der Waals surface area contributed by atoms with Gasteiger partial charge in [0.25, 0.3) is 0 Å². The van der Waals surface area contributed by atoms with E-state index in [1.165, 1.54) is 5.56 Å². The highest BCUT2D eigenvalue weighted by molar-refractivity contribution is 5.97. The van der Waals surface area contributed by atoms with Crippen LogP contribution in [0.2, 0.25) is 0 Å². The number of esters is 1. The van der Waals surface area contributed by atoms with E-state index >= 15 is 0 Å². The van der Waals surface area contributed by atoms with Gasteiger partial charge in [-0.2, -0.15) is 0 Å². The Morgan fingerprint density at radius 3 is 2.46 bits per heavy atom. The number of ketones is 1. The fraction of sp³-hybridized carbons (Fsp3) is 0.261. The fourth-order valence-corrected chi connectivity index (χ4v) is 2.83. The lowest BCUT2D eigenvalue weighted by atomic mass is 10.0. The molecule has 0 unspecified atom stereocenters. The zero-order valence-corrected chi connectivity index (χ0v) is 15.9. The average Bonchev–Trinajstić information content (AvgIpc) is 3.21. The van der Waals surface area contributed by atoms with Gasteiger partial charge in [0.15, 0.2) is 18.2 Å². The fourth-order valence-electron chi connectivity index (χ4n) is 2.83. The van der Waals surface area contributed by atoms with Crippen LogP contribution in [0.15, 0.2) is 65.2 Å². The van der Waals surface area contributed by atoms with Gasteiger partial charge < -0.3 is 9.15 Å². The highest BCUT2D eigenvalue weighted by Crippen LogP contribution is 2.20. The molecule has 144 valence electrons. The molecule has 28 heavy (non-hydrogen) atoms. The lowest BCUT2D eigenvalue weighted by molar-refractivity contribution is -0.145. The summed E-state index contributed by atoms with van der Waals surface area (Å²) in [5.41, 5.74) is 2.73. The van der Waals surface area contributed by atoms with Crippen molar-refractivity contribution in [2.24, 2.45) is 0 Å². The molecule has 2 aromatic carbocycles. The van der Waals surface area contributed by atoms with Crippen molar-refractivity contribution in [2.75, 3.05) is 0 Å². The molecular formula is C23H23NO4. The van der Waals surface area contributed by atoms with E-state index in [2.05, 4.69) is 11.9 Å². The van der Waals surface area contributed by atoms with Gasteiger partial charge in [-0.1, -0.05) is 67.9 Å². The Balaban J connectivity index is 1.44. The van der Waals surface area contributed by atoms with Crippen LogP contribution in [0.25, 0.3) is 11.3 Å². The van der Waals surface area contributed by atoms with Crippen LogP contribution >= 0.6 is 0 Å². The largest absolute Gasteiger partial charge is 0.456 e. The number of nitrogens with zero attached hydrogens (tertiary/aromatic N) is 1. The first-order valence-electron chi connectivity index (χ1n) is 9.43. The van der Waals surface area contributed by atoms with E-state index in [9.17, 15) is 9.59 Å². The molecule has 0 saturated heterocycles. The summed E-state index contributed by atoms with van der Waals surface area (Å²) in [5.74, 6) is 0.427. The molecule has 0 bridgehead atoms. The smallest absolute Gasteiger partial charge is 0.306 e. The van der Waals surface area contributed by atoms with Crippen molar-refractivity contribution in [3.05, 3.63) is 77.8 Å². The molecule has 0 aliphatic carbocycles. The lowest BCUT2D eigenvalue weighted by Crippen LogP contribution is -2.08. The van der Waals surface area contributed by atoms with Gasteiger partial charge >= 0.3 is 5.97 Å². The minimum absolute atomic E-state index is 0.0296. The maximum Gasteiger partial charge on any atom is 0.306 e. The van der Waals surface area contributed by atoms with Crippen LogP contribution < -0.4 is 0 Å². The number of Topliss-reactive ketones (excluding diaryl/α,β-unsaturated/α-hetero) is 1. The first kappa shape index (κ1) is 19.5. The van der Waals surface area contributed by atoms with E-state index in [0.717, 1.165) is 18.4 Å². The first-order chi connectivity index (χ1) is 13.7. The summed E-state index contributed by atoms with van der Waals surface area (Å²) >= 11 is 0. The molecule has 0 N–H and O–H groups in total. The number of hydrogen-bond acceptors (Lipinski definition) is 5. The van der Waals surface area contributed by atoms with Gasteiger partial charge in [0.05, 0.1) is 12.6 Å². The molecule has 0 fully saturated rings. The van der Waals surface area contributed by atoms with Crippen molar-refractivity contribution >= 4 is 11.8 Å². The molecule has 0 aliphatic heterocycles. The number of ether oxygens (including phenoxy) is 1. The standard InChI is InChI=1S/C23H23NO4/c1-2-6-17-9-11-18(12-10-17)20(25)13-14-23(26)27-16-22-24-15-21(28-22)19-7-4-3-5-8-19/h3-5,7-12,15H,2,6,13-14,16H2,1H3. The monoisotopic (exact) mass is 377 g/mol. The maximum absolute atomic E-state index is 12.2. The predicted molar refractivity (Wildman–Crippen MR) is 106 cm³/mol. The SMILES string of the molecule is CCCc1ccc(C(=O)CCC(=O)OCc2ncc(-c3ccccc3)o2)cc1. The Morgan fingerprint density at radius 1 is 1.00 bits per heavy atom. The van der Waals surface area contributed by atoms with E-state index in [1.807, 2.05) is 54.6 Å². The summed E-state index contributed by atoms with van der Waals surface area (Å²) in [5, 5.41) is 0. The van der Waals surface area contributed by atoms with Gasteiger partial charge in [-0.05, 0) is 12.0 Å². The molecule has 3 rings (SSSR count). The molecule has 5 heteroatoms. The van der Waals surface area contributed by atoms with E-state index in [-0.39, 0.29) is 25.2 Å². The van der Waals surface area contributed by atoms with Gasteiger partial charge in [0.1, 0.15) is 0 Å². The number of oxazole rings is 1. The molecular weight excluding hydrogens is 354 g/mol. The summed E-state index contributed by atoms with van der Waals surface area (Å²) < 4.78 is 10.8. The molecule has 3 aromatic rings. The van der Waals surface area contributed by atoms with Crippen molar-refractivity contribution in [3.63, 3.8) is 0 Å². The van der Waals surface area contributed by atoms with Gasteiger partial charge in [0.2, 0.25) is 5.89 Å². The summed E-state index contributed by atoms with van der Waals surface area (Å²) in [6, 6.07) is 17.1. The van der Waals surface area contributed by atoms with Crippen LogP contribution in [-0.4, -0.2) is 16.7 Å². The van der Waals surface area contributed by atoms with Crippen molar-refractivity contribution in [3.8, 4) is 11.3 Å². The van der Waals surface area contributed by atoms with Crippen molar-refractivity contribution in [1.29, 1.82) is 0 Å². The van der Waals surface area contributed by atoms with Crippen molar-refractivity contribution in [1.82, 2.24) is 4.98 Å². The van der Waals surface area contributed by atoms with Gasteiger partial charge in [-0.25, -0.2) is 4.98 Å². The number of hydrogen-bond donors (Lipinski definition) is 0. The van der Waals surface area contributed by atoms with Gasteiger partial charge in [-0.3, -0.25) is 9.59 Å². The van der Waals surface area contributed by atoms with Gasteiger partial charge in [0, 0.05) is 17.5 Å². The topological polar surface area (TPSA) is 69.4 Å². The average molecular weight is 377 g/mol. The van der Waals surface area contributed by atoms with Crippen LogP contribution in [0.5, 0.6) is 0 Å².